The highest BCUT2D eigenvalue weighted by atomic mass is 35.5. The predicted octanol–water partition coefficient (Wildman–Crippen LogP) is 6.32. The molecule has 0 radical (unpaired) electrons. The van der Waals surface area contributed by atoms with Crippen LogP contribution in [0.5, 0.6) is 0 Å². The number of benzene rings is 4. The number of piperidine rings is 1. The van der Waals surface area contributed by atoms with E-state index in [0.717, 1.165) is 52.0 Å². The number of aliphatic hydroxyl groups excluding tert-OH is 1. The number of rotatable bonds is 13. The van der Waals surface area contributed by atoms with Crippen molar-refractivity contribution in [3.8, 4) is 11.1 Å². The maximum atomic E-state index is 12.4. The van der Waals surface area contributed by atoms with Gasteiger partial charge in [0.15, 0.2) is 6.29 Å². The van der Waals surface area contributed by atoms with Crippen molar-refractivity contribution in [1.82, 2.24) is 15.7 Å². The first-order valence-corrected chi connectivity index (χ1v) is 18.2. The van der Waals surface area contributed by atoms with Crippen molar-refractivity contribution < 1.29 is 34.5 Å². The van der Waals surface area contributed by atoms with E-state index in [0.29, 0.717) is 43.8 Å². The lowest BCUT2D eigenvalue weighted by Gasteiger charge is -2.42. The molecule has 0 spiro atoms. The second-order valence-corrected chi connectivity index (χ2v) is 14.1. The summed E-state index contributed by atoms with van der Waals surface area (Å²) in [6.45, 7) is 2.48. The van der Waals surface area contributed by atoms with Gasteiger partial charge in [0, 0.05) is 56.0 Å². The van der Waals surface area contributed by atoms with Crippen LogP contribution >= 0.6 is 11.6 Å². The molecule has 52 heavy (non-hydrogen) atoms. The fraction of sp³-hybridized carbons (Fsp3) is 0.366. The highest BCUT2D eigenvalue weighted by Gasteiger charge is 2.37. The molecule has 3 unspecified atom stereocenters. The fourth-order valence-electron chi connectivity index (χ4n) is 7.00. The molecule has 0 saturated carbocycles. The van der Waals surface area contributed by atoms with E-state index >= 15 is 0 Å². The standard InChI is InChI=1S/C41H46ClN3O7/c42-34-18-16-33(17-19-34)41(49)20-22-45(23-21-41)26-35-24-37(30-10-8-28(27-46)9-11-30)52-40(51-35)31-14-12-29(13-15-31)36-5-2-1-4-32(36)25-43-38(47)6-3-7-39(48)44-50/h1-2,4-5,8-19,35,37,40,46,49-50H,3,6-7,20-27H2,(H,43,47)(H,44,48). The number of nitrogens with one attached hydrogen (secondary N) is 2. The molecule has 2 amide bonds. The van der Waals surface area contributed by atoms with Crippen LogP contribution in [0.4, 0.5) is 0 Å². The zero-order valence-electron chi connectivity index (χ0n) is 29.0. The van der Waals surface area contributed by atoms with Crippen LogP contribution in [0, 0.1) is 0 Å². The third-order valence-electron chi connectivity index (χ3n) is 10.1. The van der Waals surface area contributed by atoms with Gasteiger partial charge in [-0.25, -0.2) is 5.48 Å². The highest BCUT2D eigenvalue weighted by Crippen LogP contribution is 2.40. The van der Waals surface area contributed by atoms with Crippen LogP contribution in [0.1, 0.15) is 78.7 Å². The average molecular weight is 728 g/mol. The molecule has 3 atom stereocenters. The number of amides is 2. The van der Waals surface area contributed by atoms with Gasteiger partial charge in [-0.2, -0.15) is 0 Å². The molecule has 2 aliphatic rings. The molecule has 5 N–H and O–H groups in total. The van der Waals surface area contributed by atoms with Gasteiger partial charge in [0.05, 0.1) is 24.4 Å². The molecule has 2 saturated heterocycles. The summed E-state index contributed by atoms with van der Waals surface area (Å²) in [6, 6.07) is 31.3. The second-order valence-electron chi connectivity index (χ2n) is 13.6. The first-order chi connectivity index (χ1) is 25.2. The van der Waals surface area contributed by atoms with E-state index < -0.39 is 17.8 Å². The van der Waals surface area contributed by atoms with Gasteiger partial charge in [0.25, 0.3) is 0 Å². The van der Waals surface area contributed by atoms with Gasteiger partial charge in [-0.1, -0.05) is 96.5 Å². The van der Waals surface area contributed by atoms with Gasteiger partial charge < -0.3 is 29.9 Å². The molecule has 274 valence electrons. The Morgan fingerprint density at radius 2 is 1.52 bits per heavy atom. The Kier molecular flexibility index (Phi) is 12.7. The summed E-state index contributed by atoms with van der Waals surface area (Å²) in [6.07, 6.45) is 1.56. The topological polar surface area (TPSA) is 141 Å². The summed E-state index contributed by atoms with van der Waals surface area (Å²) < 4.78 is 13.2. The van der Waals surface area contributed by atoms with Crippen molar-refractivity contribution in [2.24, 2.45) is 0 Å². The van der Waals surface area contributed by atoms with Gasteiger partial charge >= 0.3 is 0 Å². The van der Waals surface area contributed by atoms with Crippen molar-refractivity contribution in [2.75, 3.05) is 19.6 Å². The maximum Gasteiger partial charge on any atom is 0.243 e. The number of ether oxygens (including phenoxy) is 2. The summed E-state index contributed by atoms with van der Waals surface area (Å²) in [5.74, 6) is -0.681. The maximum absolute atomic E-state index is 12.4. The molecule has 2 aliphatic heterocycles. The van der Waals surface area contributed by atoms with Gasteiger partial charge in [-0.3, -0.25) is 14.8 Å². The SMILES string of the molecule is O=C(CCCC(=O)NCc1ccccc1-c1ccc(C2OC(CN3CCC(O)(c4ccc(Cl)cc4)CC3)CC(c3ccc(CO)cc3)O2)cc1)NO. The molecular weight excluding hydrogens is 682 g/mol. The summed E-state index contributed by atoms with van der Waals surface area (Å²) >= 11 is 6.09. The first kappa shape index (κ1) is 37.6. The first-order valence-electron chi connectivity index (χ1n) is 17.8. The molecule has 11 heteroatoms. The Hall–Kier alpha value is -4.13. The lowest BCUT2D eigenvalue weighted by atomic mass is 9.84. The van der Waals surface area contributed by atoms with Gasteiger partial charge in [-0.05, 0) is 64.8 Å². The van der Waals surface area contributed by atoms with E-state index in [1.165, 1.54) is 0 Å². The average Bonchev–Trinajstić information content (AvgIpc) is 3.18. The number of likely N-dealkylation sites (tertiary alicyclic amines) is 1. The minimum absolute atomic E-state index is 0.0230. The van der Waals surface area contributed by atoms with Gasteiger partial charge in [0.2, 0.25) is 11.8 Å². The highest BCUT2D eigenvalue weighted by molar-refractivity contribution is 6.30. The summed E-state index contributed by atoms with van der Waals surface area (Å²) in [7, 11) is 0. The predicted molar refractivity (Wildman–Crippen MR) is 197 cm³/mol. The second kappa shape index (κ2) is 17.6. The number of halogens is 1. The molecule has 6 rings (SSSR count). The smallest absolute Gasteiger partial charge is 0.243 e. The minimum Gasteiger partial charge on any atom is -0.392 e. The quantitative estimate of drug-likeness (QED) is 0.0797. The number of hydroxylamine groups is 1. The van der Waals surface area contributed by atoms with Crippen LogP contribution in [0.3, 0.4) is 0 Å². The van der Waals surface area contributed by atoms with Gasteiger partial charge in [-0.15, -0.1) is 0 Å². The zero-order chi connectivity index (χ0) is 36.5. The molecule has 0 bridgehead atoms. The summed E-state index contributed by atoms with van der Waals surface area (Å²) in [5, 5.41) is 33.3. The number of hydrogen-bond donors (Lipinski definition) is 5. The summed E-state index contributed by atoms with van der Waals surface area (Å²) in [4.78, 5) is 26.0. The lowest BCUT2D eigenvalue weighted by Crippen LogP contribution is -2.46. The van der Waals surface area contributed by atoms with Gasteiger partial charge in [0.1, 0.15) is 0 Å². The molecule has 0 aromatic heterocycles. The lowest BCUT2D eigenvalue weighted by molar-refractivity contribution is -0.253. The van der Waals surface area contributed by atoms with Crippen molar-refractivity contribution in [3.05, 3.63) is 130 Å². The Labute approximate surface area is 309 Å². The number of carbonyl (C=O) groups excluding carboxylic acids is 2. The third kappa shape index (κ3) is 9.64. The van der Waals surface area contributed by atoms with Crippen LogP contribution in [-0.4, -0.2) is 57.9 Å². The van der Waals surface area contributed by atoms with Crippen LogP contribution in [0.15, 0.2) is 97.1 Å². The summed E-state index contributed by atoms with van der Waals surface area (Å²) in [5.41, 5.74) is 7.27. The fourth-order valence-corrected chi connectivity index (χ4v) is 7.12. The molecular formula is C41H46ClN3O7. The number of nitrogens with zero attached hydrogens (tertiary/aromatic N) is 1. The van der Waals surface area contributed by atoms with E-state index in [2.05, 4.69) is 10.2 Å². The Bertz CT molecular complexity index is 1780. The number of carbonyl (C=O) groups is 2. The Morgan fingerprint density at radius 1 is 0.846 bits per heavy atom. The van der Waals surface area contributed by atoms with E-state index in [1.807, 2.05) is 97.1 Å². The van der Waals surface area contributed by atoms with E-state index in [4.69, 9.17) is 26.3 Å². The molecule has 4 aromatic rings. The zero-order valence-corrected chi connectivity index (χ0v) is 29.8. The molecule has 10 nitrogen and oxygen atoms in total. The minimum atomic E-state index is -0.886. The normalized spacial score (nSPS) is 20.3. The third-order valence-corrected chi connectivity index (χ3v) is 10.3. The van der Waals surface area contributed by atoms with Crippen LogP contribution in [-0.2, 0) is 37.8 Å². The van der Waals surface area contributed by atoms with E-state index in [9.17, 15) is 19.8 Å². The van der Waals surface area contributed by atoms with Crippen molar-refractivity contribution in [1.29, 1.82) is 0 Å². The van der Waals surface area contributed by atoms with Crippen LogP contribution in [0.25, 0.3) is 11.1 Å². The Balaban J connectivity index is 1.13. The molecule has 0 aliphatic carbocycles. The van der Waals surface area contributed by atoms with E-state index in [-0.39, 0.29) is 37.6 Å². The van der Waals surface area contributed by atoms with E-state index in [1.54, 1.807) is 5.48 Å². The largest absolute Gasteiger partial charge is 0.392 e. The van der Waals surface area contributed by atoms with Crippen molar-refractivity contribution in [2.45, 2.75) is 75.8 Å². The van der Waals surface area contributed by atoms with Crippen molar-refractivity contribution in [3.63, 3.8) is 0 Å². The monoisotopic (exact) mass is 727 g/mol. The number of hydrogen-bond acceptors (Lipinski definition) is 8. The number of aliphatic hydroxyl groups is 2. The van der Waals surface area contributed by atoms with Crippen LogP contribution in [0.2, 0.25) is 5.02 Å². The molecule has 4 aromatic carbocycles. The molecule has 2 fully saturated rings. The molecule has 2 heterocycles. The van der Waals surface area contributed by atoms with Crippen LogP contribution < -0.4 is 10.8 Å². The Morgan fingerprint density at radius 3 is 2.21 bits per heavy atom. The van der Waals surface area contributed by atoms with Crippen molar-refractivity contribution >= 4 is 23.4 Å².